The van der Waals surface area contributed by atoms with Crippen molar-refractivity contribution in [3.63, 3.8) is 0 Å². The third-order valence-corrected chi connectivity index (χ3v) is 4.62. The molecule has 0 atom stereocenters. The molecule has 0 aliphatic rings. The maximum absolute atomic E-state index is 7.99. The van der Waals surface area contributed by atoms with E-state index in [-0.39, 0.29) is 16.1 Å². The van der Waals surface area contributed by atoms with Gasteiger partial charge in [0.2, 0.25) is 0 Å². The van der Waals surface area contributed by atoms with Crippen LogP contribution in [0.15, 0.2) is 54.7 Å². The first-order valence-electron chi connectivity index (χ1n) is 11.8. The molecule has 2 heterocycles. The number of hydrogen-bond acceptors (Lipinski definition) is 3. The van der Waals surface area contributed by atoms with E-state index in [1.165, 1.54) is 18.3 Å². The van der Waals surface area contributed by atoms with Gasteiger partial charge in [0.05, 0.1) is 20.9 Å². The Bertz CT molecular complexity index is 1320. The maximum Gasteiger partial charge on any atom is 0.0908 e. The first-order chi connectivity index (χ1) is 15.2. The highest BCUT2D eigenvalue weighted by molar-refractivity contribution is 7.18. The van der Waals surface area contributed by atoms with E-state index in [0.29, 0.717) is 32.6 Å². The SMILES string of the molecule is [2H]C([2H])([2H])c1ccc(-c2ccc(C([2H])([2H])[2H])c(-c3cccc4sc(C([2H])([2H])[2H])nc34)c2)nc1. The van der Waals surface area contributed by atoms with Crippen LogP contribution in [0, 0.1) is 20.6 Å². The lowest BCUT2D eigenvalue weighted by Crippen LogP contribution is -1.89. The van der Waals surface area contributed by atoms with Gasteiger partial charge in [0, 0.05) is 29.7 Å². The van der Waals surface area contributed by atoms with Gasteiger partial charge in [-0.2, -0.15) is 0 Å². The van der Waals surface area contributed by atoms with Crippen molar-refractivity contribution < 1.29 is 12.3 Å². The fourth-order valence-corrected chi connectivity index (χ4v) is 3.40. The minimum absolute atomic E-state index is 0.0153. The molecule has 0 saturated carbocycles. The number of para-hydroxylation sites is 1. The van der Waals surface area contributed by atoms with Gasteiger partial charge in [-0.1, -0.05) is 30.3 Å². The summed E-state index contributed by atoms with van der Waals surface area (Å²) in [6.45, 7) is -7.07. The van der Waals surface area contributed by atoms with E-state index in [9.17, 15) is 0 Å². The fraction of sp³-hybridized carbons (Fsp3) is 0.143. The van der Waals surface area contributed by atoms with Crippen LogP contribution >= 0.6 is 11.3 Å². The van der Waals surface area contributed by atoms with Crippen molar-refractivity contribution in [2.45, 2.75) is 20.6 Å². The van der Waals surface area contributed by atoms with Gasteiger partial charge in [-0.15, -0.1) is 11.3 Å². The molecule has 0 N–H and O–H groups in total. The van der Waals surface area contributed by atoms with E-state index in [1.54, 1.807) is 36.4 Å². The van der Waals surface area contributed by atoms with Crippen molar-refractivity contribution in [2.24, 2.45) is 0 Å². The summed E-state index contributed by atoms with van der Waals surface area (Å²) < 4.78 is 70.1. The minimum atomic E-state index is -2.42. The number of nitrogens with zero attached hydrogens (tertiary/aromatic N) is 2. The molecular formula is C21H18N2S. The number of thiazole rings is 1. The molecule has 0 saturated heterocycles. The second kappa shape index (κ2) is 5.84. The summed E-state index contributed by atoms with van der Waals surface area (Å²) in [4.78, 5) is 8.57. The van der Waals surface area contributed by atoms with Crippen LogP contribution in [0.1, 0.15) is 28.5 Å². The molecule has 0 radical (unpaired) electrons. The van der Waals surface area contributed by atoms with Gasteiger partial charge in [-0.3, -0.25) is 4.98 Å². The monoisotopic (exact) mass is 339 g/mol. The molecule has 0 aliphatic heterocycles. The highest BCUT2D eigenvalue weighted by atomic mass is 32.1. The summed E-state index contributed by atoms with van der Waals surface area (Å²) in [5.41, 5.74) is 2.60. The standard InChI is InChI=1S/C21H18N2S/c1-13-7-10-19(22-12-13)16-9-8-14(2)18(11-16)17-5-4-6-20-21(17)23-15(3)24-20/h4-12H,1-3H3/i1D3,2D3,3D3. The molecule has 0 fully saturated rings. The van der Waals surface area contributed by atoms with E-state index in [2.05, 4.69) is 9.97 Å². The van der Waals surface area contributed by atoms with Crippen molar-refractivity contribution in [2.75, 3.05) is 0 Å². The fourth-order valence-electron chi connectivity index (χ4n) is 2.66. The topological polar surface area (TPSA) is 25.8 Å². The molecular weight excluding hydrogens is 312 g/mol. The number of aromatic nitrogens is 2. The Morgan fingerprint density at radius 2 is 1.96 bits per heavy atom. The normalized spacial score (nSPS) is 18.2. The van der Waals surface area contributed by atoms with E-state index in [1.807, 2.05) is 0 Å². The van der Waals surface area contributed by atoms with Gasteiger partial charge in [-0.05, 0) is 55.4 Å². The molecule has 0 aliphatic carbocycles. The second-order valence-electron chi connectivity index (χ2n) is 5.36. The molecule has 24 heavy (non-hydrogen) atoms. The first kappa shape index (κ1) is 8.04. The van der Waals surface area contributed by atoms with Crippen LogP contribution in [0.4, 0.5) is 0 Å². The predicted molar refractivity (Wildman–Crippen MR) is 102 cm³/mol. The number of hydrogen-bond donors (Lipinski definition) is 0. The molecule has 2 aromatic heterocycles. The molecule has 0 spiro atoms. The van der Waals surface area contributed by atoms with Crippen LogP contribution in [-0.4, -0.2) is 9.97 Å². The van der Waals surface area contributed by atoms with E-state index < -0.39 is 20.6 Å². The van der Waals surface area contributed by atoms with Crippen molar-refractivity contribution in [3.05, 3.63) is 70.9 Å². The average molecular weight is 340 g/mol. The van der Waals surface area contributed by atoms with Crippen LogP contribution in [0.3, 0.4) is 0 Å². The molecule has 4 rings (SSSR count). The van der Waals surface area contributed by atoms with Gasteiger partial charge >= 0.3 is 0 Å². The van der Waals surface area contributed by atoms with Crippen LogP contribution in [-0.2, 0) is 0 Å². The first-order valence-corrected chi connectivity index (χ1v) is 8.09. The van der Waals surface area contributed by atoms with Gasteiger partial charge in [0.1, 0.15) is 0 Å². The van der Waals surface area contributed by atoms with Crippen LogP contribution in [0.25, 0.3) is 32.6 Å². The number of pyridine rings is 1. The lowest BCUT2D eigenvalue weighted by molar-refractivity contribution is 1.27. The van der Waals surface area contributed by atoms with Crippen molar-refractivity contribution in [1.29, 1.82) is 0 Å². The Morgan fingerprint density at radius 3 is 2.75 bits per heavy atom. The highest BCUT2D eigenvalue weighted by Gasteiger charge is 2.11. The summed E-state index contributed by atoms with van der Waals surface area (Å²) in [5, 5.41) is -0.0153. The molecule has 118 valence electrons. The molecule has 0 amide bonds. The Labute approximate surface area is 158 Å². The van der Waals surface area contributed by atoms with Gasteiger partial charge < -0.3 is 0 Å². The number of aryl methyl sites for hydroxylation is 3. The number of rotatable bonds is 2. The van der Waals surface area contributed by atoms with Crippen LogP contribution in [0.5, 0.6) is 0 Å². The Kier molecular flexibility index (Phi) is 1.96. The average Bonchev–Trinajstić information content (AvgIpc) is 3.17. The molecule has 0 bridgehead atoms. The zero-order chi connectivity index (χ0) is 24.2. The summed E-state index contributed by atoms with van der Waals surface area (Å²) in [6.07, 6.45) is 1.28. The summed E-state index contributed by atoms with van der Waals surface area (Å²) in [5.74, 6) is 0. The van der Waals surface area contributed by atoms with E-state index >= 15 is 0 Å². The zero-order valence-corrected chi connectivity index (χ0v) is 13.3. The zero-order valence-electron chi connectivity index (χ0n) is 21.5. The quantitative estimate of drug-likeness (QED) is 0.451. The Balaban J connectivity index is 1.92. The molecule has 0 unspecified atom stereocenters. The maximum atomic E-state index is 7.99. The second-order valence-corrected chi connectivity index (χ2v) is 6.39. The molecule has 3 heteroatoms. The molecule has 2 nitrogen and oxygen atoms in total. The summed E-state index contributed by atoms with van der Waals surface area (Å²) in [7, 11) is 0. The summed E-state index contributed by atoms with van der Waals surface area (Å²) in [6, 6.07) is 13.0. The van der Waals surface area contributed by atoms with Gasteiger partial charge in [0.25, 0.3) is 0 Å². The lowest BCUT2D eigenvalue weighted by Gasteiger charge is -2.10. The molecule has 2 aromatic carbocycles. The smallest absolute Gasteiger partial charge is 0.0908 e. The highest BCUT2D eigenvalue weighted by Crippen LogP contribution is 2.35. The molecule has 4 aromatic rings. The van der Waals surface area contributed by atoms with Crippen molar-refractivity contribution >= 4 is 21.6 Å². The van der Waals surface area contributed by atoms with Gasteiger partial charge in [0.15, 0.2) is 0 Å². The van der Waals surface area contributed by atoms with E-state index in [0.717, 1.165) is 11.3 Å². The Hall–Kier alpha value is -2.52. The van der Waals surface area contributed by atoms with Crippen molar-refractivity contribution in [1.82, 2.24) is 9.97 Å². The third-order valence-electron chi connectivity index (χ3n) is 3.79. The Morgan fingerprint density at radius 1 is 0.958 bits per heavy atom. The van der Waals surface area contributed by atoms with Gasteiger partial charge in [-0.25, -0.2) is 4.98 Å². The summed E-state index contributed by atoms with van der Waals surface area (Å²) >= 11 is 1.05. The predicted octanol–water partition coefficient (Wildman–Crippen LogP) is 5.95. The lowest BCUT2D eigenvalue weighted by atomic mass is 9.96. The van der Waals surface area contributed by atoms with Crippen molar-refractivity contribution in [3.8, 4) is 22.4 Å². The van der Waals surface area contributed by atoms with Crippen LogP contribution in [0.2, 0.25) is 0 Å². The van der Waals surface area contributed by atoms with Crippen LogP contribution < -0.4 is 0 Å². The third kappa shape index (κ3) is 2.61. The largest absolute Gasteiger partial charge is 0.256 e. The van der Waals surface area contributed by atoms with E-state index in [4.69, 9.17) is 12.3 Å². The number of benzene rings is 2. The minimum Gasteiger partial charge on any atom is -0.256 e. The number of fused-ring (bicyclic) bond motifs is 1.